The maximum atomic E-state index is 4.48. The molecule has 3 aromatic heterocycles. The molecule has 0 unspecified atom stereocenters. The Kier molecular flexibility index (Phi) is 3.16. The van der Waals surface area contributed by atoms with Crippen molar-refractivity contribution in [3.63, 3.8) is 0 Å². The van der Waals surface area contributed by atoms with Gasteiger partial charge in [0, 0.05) is 30.4 Å². The largest absolute Gasteiger partial charge is 0.320 e. The quantitative estimate of drug-likeness (QED) is 0.734. The molecule has 3 aromatic rings. The highest BCUT2D eigenvalue weighted by atomic mass is 32.1. The highest BCUT2D eigenvalue weighted by Crippen LogP contribution is 2.27. The number of rotatable bonds is 4. The van der Waals surface area contributed by atoms with Crippen molar-refractivity contribution in [2.24, 2.45) is 7.05 Å². The summed E-state index contributed by atoms with van der Waals surface area (Å²) in [6.45, 7) is 2.15. The van der Waals surface area contributed by atoms with Crippen molar-refractivity contribution in [2.75, 3.05) is 0 Å². The van der Waals surface area contributed by atoms with Crippen LogP contribution < -0.4 is 0 Å². The van der Waals surface area contributed by atoms with E-state index >= 15 is 0 Å². The number of aromatic nitrogens is 5. The van der Waals surface area contributed by atoms with E-state index in [4.69, 9.17) is 0 Å². The number of thiophene rings is 1. The molecule has 0 aliphatic carbocycles. The molecule has 3 heterocycles. The van der Waals surface area contributed by atoms with Crippen LogP contribution in [-0.2, 0) is 7.05 Å². The first-order valence-electron chi connectivity index (χ1n) is 6.20. The second-order valence-electron chi connectivity index (χ2n) is 4.34. The van der Waals surface area contributed by atoms with Crippen LogP contribution in [0.5, 0.6) is 0 Å². The average molecular weight is 273 g/mol. The molecular weight excluding hydrogens is 258 g/mol. The zero-order valence-corrected chi connectivity index (χ0v) is 11.7. The second kappa shape index (κ2) is 4.97. The molecule has 0 aliphatic heterocycles. The molecule has 0 aliphatic rings. The van der Waals surface area contributed by atoms with E-state index in [1.165, 1.54) is 0 Å². The third kappa shape index (κ3) is 2.08. The van der Waals surface area contributed by atoms with Gasteiger partial charge in [-0.15, -0.1) is 0 Å². The van der Waals surface area contributed by atoms with E-state index in [2.05, 4.69) is 43.4 Å². The van der Waals surface area contributed by atoms with Crippen LogP contribution in [0.2, 0.25) is 0 Å². The Hall–Kier alpha value is -1.95. The summed E-state index contributed by atoms with van der Waals surface area (Å²) < 4.78 is 4.00. The molecule has 5 nitrogen and oxygen atoms in total. The van der Waals surface area contributed by atoms with E-state index in [9.17, 15) is 0 Å². The Morgan fingerprint density at radius 2 is 2.26 bits per heavy atom. The van der Waals surface area contributed by atoms with Crippen LogP contribution in [-0.4, -0.2) is 24.3 Å². The standard InChI is InChI=1S/C13H15N5S/c1-3-11(13-15-9-16-17(13)2)18-6-5-14-12(18)10-4-7-19-8-10/h4-9,11H,3H2,1-2H3/t11-/m1/s1. The van der Waals surface area contributed by atoms with Gasteiger partial charge in [-0.05, 0) is 17.9 Å². The highest BCUT2D eigenvalue weighted by molar-refractivity contribution is 7.08. The van der Waals surface area contributed by atoms with E-state index in [-0.39, 0.29) is 6.04 Å². The summed E-state index contributed by atoms with van der Waals surface area (Å²) >= 11 is 1.68. The van der Waals surface area contributed by atoms with Gasteiger partial charge in [0.1, 0.15) is 18.0 Å². The van der Waals surface area contributed by atoms with Gasteiger partial charge in [-0.25, -0.2) is 9.97 Å². The van der Waals surface area contributed by atoms with Gasteiger partial charge in [-0.2, -0.15) is 16.4 Å². The predicted molar refractivity (Wildman–Crippen MR) is 75.0 cm³/mol. The van der Waals surface area contributed by atoms with Gasteiger partial charge in [-0.1, -0.05) is 6.92 Å². The lowest BCUT2D eigenvalue weighted by atomic mass is 10.2. The van der Waals surface area contributed by atoms with Crippen molar-refractivity contribution >= 4 is 11.3 Å². The minimum Gasteiger partial charge on any atom is -0.320 e. The van der Waals surface area contributed by atoms with E-state index < -0.39 is 0 Å². The molecule has 0 N–H and O–H groups in total. The molecule has 0 fully saturated rings. The molecule has 0 saturated carbocycles. The van der Waals surface area contributed by atoms with Crippen molar-refractivity contribution in [1.29, 1.82) is 0 Å². The normalized spacial score (nSPS) is 12.7. The number of nitrogens with zero attached hydrogens (tertiary/aromatic N) is 5. The first-order valence-corrected chi connectivity index (χ1v) is 7.14. The Morgan fingerprint density at radius 3 is 2.89 bits per heavy atom. The lowest BCUT2D eigenvalue weighted by Gasteiger charge is -2.18. The van der Waals surface area contributed by atoms with Crippen LogP contribution in [0.25, 0.3) is 11.4 Å². The van der Waals surface area contributed by atoms with Gasteiger partial charge < -0.3 is 4.57 Å². The Bertz CT molecular complexity index is 652. The first kappa shape index (κ1) is 12.1. The Balaban J connectivity index is 2.06. The van der Waals surface area contributed by atoms with Crippen molar-refractivity contribution < 1.29 is 0 Å². The fraction of sp³-hybridized carbons (Fsp3) is 0.308. The smallest absolute Gasteiger partial charge is 0.149 e. The SMILES string of the molecule is CC[C@H](c1ncnn1C)n1ccnc1-c1ccsc1. The molecule has 0 amide bonds. The van der Waals surface area contributed by atoms with Gasteiger partial charge in [0.05, 0.1) is 6.04 Å². The molecule has 0 radical (unpaired) electrons. The maximum absolute atomic E-state index is 4.48. The minimum atomic E-state index is 0.157. The zero-order valence-electron chi connectivity index (χ0n) is 10.9. The molecule has 3 rings (SSSR count). The molecule has 0 saturated heterocycles. The highest BCUT2D eigenvalue weighted by Gasteiger charge is 2.20. The summed E-state index contributed by atoms with van der Waals surface area (Å²) in [6, 6.07) is 2.25. The maximum Gasteiger partial charge on any atom is 0.149 e. The summed E-state index contributed by atoms with van der Waals surface area (Å²) in [7, 11) is 1.92. The lowest BCUT2D eigenvalue weighted by molar-refractivity contribution is 0.509. The van der Waals surface area contributed by atoms with E-state index in [0.29, 0.717) is 0 Å². The summed E-state index contributed by atoms with van der Waals surface area (Å²) in [5.74, 6) is 1.94. The van der Waals surface area contributed by atoms with Gasteiger partial charge in [0.25, 0.3) is 0 Å². The van der Waals surface area contributed by atoms with E-state index in [1.807, 2.05) is 24.1 Å². The third-order valence-corrected chi connectivity index (χ3v) is 3.90. The van der Waals surface area contributed by atoms with Crippen LogP contribution >= 0.6 is 11.3 Å². The molecular formula is C13H15N5S. The molecule has 19 heavy (non-hydrogen) atoms. The van der Waals surface area contributed by atoms with E-state index in [0.717, 1.165) is 23.6 Å². The molecule has 1 atom stereocenters. The van der Waals surface area contributed by atoms with E-state index in [1.54, 1.807) is 17.7 Å². The summed E-state index contributed by atoms with van der Waals surface area (Å²) in [4.78, 5) is 8.85. The topological polar surface area (TPSA) is 48.5 Å². The summed E-state index contributed by atoms with van der Waals surface area (Å²) in [5, 5.41) is 8.34. The van der Waals surface area contributed by atoms with Gasteiger partial charge in [0.15, 0.2) is 0 Å². The second-order valence-corrected chi connectivity index (χ2v) is 5.12. The molecule has 6 heteroatoms. The van der Waals surface area contributed by atoms with Crippen LogP contribution in [0.3, 0.4) is 0 Å². The van der Waals surface area contributed by atoms with Crippen molar-refractivity contribution in [2.45, 2.75) is 19.4 Å². The van der Waals surface area contributed by atoms with Crippen molar-refractivity contribution in [3.8, 4) is 11.4 Å². The van der Waals surface area contributed by atoms with Crippen molar-refractivity contribution in [1.82, 2.24) is 24.3 Å². The van der Waals surface area contributed by atoms with Crippen LogP contribution in [0.1, 0.15) is 25.2 Å². The molecule has 0 spiro atoms. The fourth-order valence-corrected chi connectivity index (χ4v) is 2.92. The number of aryl methyl sites for hydroxylation is 1. The fourth-order valence-electron chi connectivity index (χ4n) is 2.29. The first-order chi connectivity index (χ1) is 9.31. The number of hydrogen-bond acceptors (Lipinski definition) is 4. The third-order valence-electron chi connectivity index (χ3n) is 3.21. The zero-order chi connectivity index (χ0) is 13.2. The predicted octanol–water partition coefficient (Wildman–Crippen LogP) is 2.74. The molecule has 0 aromatic carbocycles. The Labute approximate surface area is 115 Å². The monoisotopic (exact) mass is 273 g/mol. The number of imidazole rings is 1. The van der Waals surface area contributed by atoms with Crippen LogP contribution in [0.15, 0.2) is 35.5 Å². The van der Waals surface area contributed by atoms with Gasteiger partial charge in [0.2, 0.25) is 0 Å². The Morgan fingerprint density at radius 1 is 1.37 bits per heavy atom. The summed E-state index contributed by atoms with van der Waals surface area (Å²) in [6.07, 6.45) is 6.39. The summed E-state index contributed by atoms with van der Waals surface area (Å²) in [5.41, 5.74) is 1.15. The van der Waals surface area contributed by atoms with Gasteiger partial charge >= 0.3 is 0 Å². The lowest BCUT2D eigenvalue weighted by Crippen LogP contribution is -2.15. The molecule has 0 bridgehead atoms. The minimum absolute atomic E-state index is 0.157. The van der Waals surface area contributed by atoms with Crippen molar-refractivity contribution in [3.05, 3.63) is 41.4 Å². The molecule has 98 valence electrons. The number of hydrogen-bond donors (Lipinski definition) is 0. The van der Waals surface area contributed by atoms with Crippen LogP contribution in [0, 0.1) is 0 Å². The van der Waals surface area contributed by atoms with Gasteiger partial charge in [-0.3, -0.25) is 4.68 Å². The average Bonchev–Trinajstić information content (AvgIpc) is 3.11. The van der Waals surface area contributed by atoms with Crippen LogP contribution in [0.4, 0.5) is 0 Å².